The van der Waals surface area contributed by atoms with Crippen LogP contribution in [-0.2, 0) is 22.7 Å². The molecular formula is C21H24N2O4. The molecular weight excluding hydrogens is 344 g/mol. The summed E-state index contributed by atoms with van der Waals surface area (Å²) in [5.41, 5.74) is 1.91. The molecule has 2 aromatic rings. The van der Waals surface area contributed by atoms with Gasteiger partial charge in [-0.15, -0.1) is 0 Å². The van der Waals surface area contributed by atoms with Crippen LogP contribution >= 0.6 is 0 Å². The molecule has 0 saturated heterocycles. The number of hydrogen-bond donors (Lipinski definition) is 1. The molecule has 27 heavy (non-hydrogen) atoms. The maximum atomic E-state index is 12.6. The zero-order chi connectivity index (χ0) is 19.2. The third kappa shape index (κ3) is 4.58. The summed E-state index contributed by atoms with van der Waals surface area (Å²) in [6.45, 7) is 4.55. The Morgan fingerprint density at radius 3 is 2.56 bits per heavy atom. The second-order valence-electron chi connectivity index (χ2n) is 6.44. The molecule has 0 spiro atoms. The lowest BCUT2D eigenvalue weighted by molar-refractivity contribution is -0.140. The molecule has 6 heteroatoms. The number of amides is 2. The number of nitrogens with zero attached hydrogens (tertiary/aromatic N) is 1. The molecule has 3 rings (SSSR count). The molecule has 1 N–H and O–H groups in total. The summed E-state index contributed by atoms with van der Waals surface area (Å²) in [6.07, 6.45) is 0.354. The van der Waals surface area contributed by atoms with Crippen molar-refractivity contribution in [1.29, 1.82) is 0 Å². The van der Waals surface area contributed by atoms with Crippen molar-refractivity contribution < 1.29 is 19.1 Å². The van der Waals surface area contributed by atoms with Crippen molar-refractivity contribution in [3.05, 3.63) is 59.7 Å². The van der Waals surface area contributed by atoms with Gasteiger partial charge in [-0.05, 0) is 30.2 Å². The Balaban J connectivity index is 1.63. The average molecular weight is 368 g/mol. The van der Waals surface area contributed by atoms with E-state index in [2.05, 4.69) is 5.32 Å². The smallest absolute Gasteiger partial charge is 0.242 e. The van der Waals surface area contributed by atoms with Crippen LogP contribution in [-0.4, -0.2) is 29.5 Å². The lowest BCUT2D eigenvalue weighted by Crippen LogP contribution is -2.47. The SMILES string of the molecule is CCC(=O)N(Cc1ccccc1)[C@H](C)C(=O)NCc1ccc2c(c1)OCO2. The van der Waals surface area contributed by atoms with Gasteiger partial charge in [0.15, 0.2) is 11.5 Å². The Morgan fingerprint density at radius 2 is 1.81 bits per heavy atom. The summed E-state index contributed by atoms with van der Waals surface area (Å²) in [5, 5.41) is 2.91. The van der Waals surface area contributed by atoms with Crippen LogP contribution < -0.4 is 14.8 Å². The predicted molar refractivity (Wildman–Crippen MR) is 101 cm³/mol. The lowest BCUT2D eigenvalue weighted by atomic mass is 10.1. The van der Waals surface area contributed by atoms with E-state index < -0.39 is 6.04 Å². The molecule has 0 saturated carbocycles. The van der Waals surface area contributed by atoms with Gasteiger partial charge in [0.25, 0.3) is 0 Å². The normalized spacial score (nSPS) is 13.1. The fraction of sp³-hybridized carbons (Fsp3) is 0.333. The summed E-state index contributed by atoms with van der Waals surface area (Å²) in [4.78, 5) is 26.6. The van der Waals surface area contributed by atoms with Crippen molar-refractivity contribution in [2.45, 2.75) is 39.4 Å². The van der Waals surface area contributed by atoms with E-state index in [-0.39, 0.29) is 18.6 Å². The van der Waals surface area contributed by atoms with Crippen molar-refractivity contribution in [1.82, 2.24) is 10.2 Å². The maximum Gasteiger partial charge on any atom is 0.242 e. The monoisotopic (exact) mass is 368 g/mol. The van der Waals surface area contributed by atoms with Crippen LogP contribution in [0.25, 0.3) is 0 Å². The van der Waals surface area contributed by atoms with E-state index in [0.717, 1.165) is 11.1 Å². The quantitative estimate of drug-likeness (QED) is 0.816. The largest absolute Gasteiger partial charge is 0.454 e. The van der Waals surface area contributed by atoms with Gasteiger partial charge in [0.2, 0.25) is 18.6 Å². The van der Waals surface area contributed by atoms with E-state index >= 15 is 0 Å². The molecule has 2 aromatic carbocycles. The highest BCUT2D eigenvalue weighted by atomic mass is 16.7. The minimum Gasteiger partial charge on any atom is -0.454 e. The molecule has 2 amide bonds. The zero-order valence-electron chi connectivity index (χ0n) is 15.6. The van der Waals surface area contributed by atoms with Gasteiger partial charge in [0.05, 0.1) is 0 Å². The Morgan fingerprint density at radius 1 is 1.07 bits per heavy atom. The van der Waals surface area contributed by atoms with Crippen LogP contribution in [0.4, 0.5) is 0 Å². The van der Waals surface area contributed by atoms with Crippen molar-refractivity contribution in [2.75, 3.05) is 6.79 Å². The molecule has 0 radical (unpaired) electrons. The fourth-order valence-electron chi connectivity index (χ4n) is 2.95. The first-order chi connectivity index (χ1) is 13.1. The Hall–Kier alpha value is -3.02. The molecule has 1 heterocycles. The summed E-state index contributed by atoms with van der Waals surface area (Å²) < 4.78 is 10.6. The predicted octanol–water partition coefficient (Wildman–Crippen LogP) is 2.86. The van der Waals surface area contributed by atoms with Gasteiger partial charge in [-0.2, -0.15) is 0 Å². The number of benzene rings is 2. The number of hydrogen-bond acceptors (Lipinski definition) is 4. The first kappa shape index (κ1) is 18.8. The van der Waals surface area contributed by atoms with E-state index in [4.69, 9.17) is 9.47 Å². The Bertz CT molecular complexity index is 807. The zero-order valence-corrected chi connectivity index (χ0v) is 15.6. The lowest BCUT2D eigenvalue weighted by Gasteiger charge is -2.28. The number of rotatable bonds is 7. The third-order valence-electron chi connectivity index (χ3n) is 4.57. The summed E-state index contributed by atoms with van der Waals surface area (Å²) in [6, 6.07) is 14.7. The minimum absolute atomic E-state index is 0.0513. The second kappa shape index (κ2) is 8.58. The molecule has 142 valence electrons. The molecule has 1 aliphatic rings. The van der Waals surface area contributed by atoms with Gasteiger partial charge in [-0.3, -0.25) is 9.59 Å². The van der Waals surface area contributed by atoms with Crippen LogP contribution in [0.5, 0.6) is 11.5 Å². The molecule has 1 aliphatic heterocycles. The second-order valence-corrected chi connectivity index (χ2v) is 6.44. The van der Waals surface area contributed by atoms with Crippen LogP contribution in [0.2, 0.25) is 0 Å². The van der Waals surface area contributed by atoms with Gasteiger partial charge in [-0.25, -0.2) is 0 Å². The van der Waals surface area contributed by atoms with Crippen LogP contribution in [0.15, 0.2) is 48.5 Å². The van der Waals surface area contributed by atoms with E-state index in [1.54, 1.807) is 18.7 Å². The van der Waals surface area contributed by atoms with Crippen molar-refractivity contribution in [3.8, 4) is 11.5 Å². The maximum absolute atomic E-state index is 12.6. The highest BCUT2D eigenvalue weighted by Crippen LogP contribution is 2.32. The average Bonchev–Trinajstić information content (AvgIpc) is 3.17. The summed E-state index contributed by atoms with van der Waals surface area (Å²) in [7, 11) is 0. The highest BCUT2D eigenvalue weighted by Gasteiger charge is 2.25. The number of carbonyl (C=O) groups is 2. The Labute approximate surface area is 159 Å². The Kier molecular flexibility index (Phi) is 5.96. The van der Waals surface area contributed by atoms with Crippen LogP contribution in [0.1, 0.15) is 31.4 Å². The molecule has 0 fully saturated rings. The van der Waals surface area contributed by atoms with Crippen molar-refractivity contribution in [2.24, 2.45) is 0 Å². The number of nitrogens with one attached hydrogen (secondary N) is 1. The van der Waals surface area contributed by atoms with E-state index in [0.29, 0.717) is 31.0 Å². The first-order valence-corrected chi connectivity index (χ1v) is 9.08. The fourth-order valence-corrected chi connectivity index (χ4v) is 2.95. The summed E-state index contributed by atoms with van der Waals surface area (Å²) >= 11 is 0. The van der Waals surface area contributed by atoms with Crippen LogP contribution in [0.3, 0.4) is 0 Å². The van der Waals surface area contributed by atoms with E-state index in [1.807, 2.05) is 48.5 Å². The van der Waals surface area contributed by atoms with Gasteiger partial charge in [0.1, 0.15) is 6.04 Å². The topological polar surface area (TPSA) is 67.9 Å². The number of fused-ring (bicyclic) bond motifs is 1. The third-order valence-corrected chi connectivity index (χ3v) is 4.57. The van der Waals surface area contributed by atoms with Gasteiger partial charge >= 0.3 is 0 Å². The van der Waals surface area contributed by atoms with Crippen LogP contribution in [0, 0.1) is 0 Å². The van der Waals surface area contributed by atoms with E-state index in [9.17, 15) is 9.59 Å². The van der Waals surface area contributed by atoms with Gasteiger partial charge in [0, 0.05) is 19.5 Å². The molecule has 0 aliphatic carbocycles. The molecule has 6 nitrogen and oxygen atoms in total. The minimum atomic E-state index is -0.563. The molecule has 1 atom stereocenters. The molecule has 0 unspecified atom stereocenters. The highest BCUT2D eigenvalue weighted by molar-refractivity contribution is 5.87. The number of carbonyl (C=O) groups excluding carboxylic acids is 2. The molecule has 0 aromatic heterocycles. The van der Waals surface area contributed by atoms with Crippen molar-refractivity contribution >= 4 is 11.8 Å². The van der Waals surface area contributed by atoms with E-state index in [1.165, 1.54) is 0 Å². The molecule has 0 bridgehead atoms. The first-order valence-electron chi connectivity index (χ1n) is 9.08. The summed E-state index contributed by atoms with van der Waals surface area (Å²) in [5.74, 6) is 1.15. The number of ether oxygens (including phenoxy) is 2. The van der Waals surface area contributed by atoms with Gasteiger partial charge < -0.3 is 19.7 Å². The van der Waals surface area contributed by atoms with Gasteiger partial charge in [-0.1, -0.05) is 43.3 Å². The standard InChI is InChI=1S/C21H24N2O4/c1-3-20(24)23(13-16-7-5-4-6-8-16)15(2)21(25)22-12-17-9-10-18-19(11-17)27-14-26-18/h4-11,15H,3,12-14H2,1-2H3,(H,22,25)/t15-/m1/s1. The van der Waals surface area contributed by atoms with Crippen molar-refractivity contribution in [3.63, 3.8) is 0 Å².